The lowest BCUT2D eigenvalue weighted by Crippen LogP contribution is -2.19. The van der Waals surface area contributed by atoms with Gasteiger partial charge in [0.1, 0.15) is 0 Å². The predicted molar refractivity (Wildman–Crippen MR) is 65.4 cm³/mol. The van der Waals surface area contributed by atoms with E-state index in [1.165, 1.54) is 0 Å². The van der Waals surface area contributed by atoms with E-state index < -0.39 is 41.8 Å². The van der Waals surface area contributed by atoms with Gasteiger partial charge in [0.25, 0.3) is 0 Å². The lowest BCUT2D eigenvalue weighted by atomic mass is 10.3. The number of hydrogen-bond acceptors (Lipinski definition) is 4. The summed E-state index contributed by atoms with van der Waals surface area (Å²) in [6.45, 7) is -0.424. The van der Waals surface area contributed by atoms with Crippen molar-refractivity contribution in [3.63, 3.8) is 0 Å². The Balaban J connectivity index is 2.51. The van der Waals surface area contributed by atoms with Crippen LogP contribution in [0.15, 0.2) is 12.1 Å². The van der Waals surface area contributed by atoms with Crippen LogP contribution in [0.2, 0.25) is 0 Å². The van der Waals surface area contributed by atoms with Crippen LogP contribution in [0, 0.1) is 17.5 Å². The van der Waals surface area contributed by atoms with Crippen molar-refractivity contribution < 1.29 is 28.2 Å². The number of thioether (sulfide) groups is 1. The van der Waals surface area contributed by atoms with Gasteiger partial charge in [-0.05, 0) is 12.1 Å². The van der Waals surface area contributed by atoms with Crippen LogP contribution in [-0.4, -0.2) is 40.3 Å². The monoisotopic (exact) mass is 295 g/mol. The van der Waals surface area contributed by atoms with Crippen molar-refractivity contribution in [2.24, 2.45) is 0 Å². The molecule has 0 bridgehead atoms. The number of nitrogens with one attached hydrogen (secondary N) is 1. The molecule has 3 N–H and O–H groups in total. The van der Waals surface area contributed by atoms with E-state index in [1.54, 1.807) is 0 Å². The maximum Gasteiger partial charge on any atom is 0.234 e. The summed E-state index contributed by atoms with van der Waals surface area (Å²) < 4.78 is 38.7. The Kier molecular flexibility index (Phi) is 6.13. The highest BCUT2D eigenvalue weighted by atomic mass is 32.2. The molecule has 0 aliphatic heterocycles. The van der Waals surface area contributed by atoms with E-state index >= 15 is 0 Å². The quantitative estimate of drug-likeness (QED) is 0.688. The molecule has 0 saturated carbocycles. The van der Waals surface area contributed by atoms with E-state index in [-0.39, 0.29) is 11.5 Å². The van der Waals surface area contributed by atoms with Crippen molar-refractivity contribution in [2.45, 2.75) is 6.10 Å². The highest BCUT2D eigenvalue weighted by Gasteiger charge is 2.15. The number of amides is 1. The van der Waals surface area contributed by atoms with Crippen LogP contribution in [0.4, 0.5) is 18.9 Å². The second kappa shape index (κ2) is 7.37. The first-order chi connectivity index (χ1) is 8.95. The van der Waals surface area contributed by atoms with E-state index in [1.807, 2.05) is 0 Å². The number of aliphatic hydroxyl groups excluding tert-OH is 2. The number of hydrogen-bond donors (Lipinski definition) is 3. The molecule has 0 aromatic heterocycles. The summed E-state index contributed by atoms with van der Waals surface area (Å²) in [5.74, 6) is -5.06. The SMILES string of the molecule is O=C(CSCC(O)CO)Nc1ccc(F)c(F)c1F. The third-order valence-corrected chi connectivity index (χ3v) is 3.15. The number of rotatable bonds is 6. The van der Waals surface area contributed by atoms with E-state index in [9.17, 15) is 18.0 Å². The molecular formula is C11H12F3NO3S. The van der Waals surface area contributed by atoms with Crippen LogP contribution in [0.1, 0.15) is 0 Å². The molecular weight excluding hydrogens is 283 g/mol. The molecule has 0 aliphatic carbocycles. The minimum absolute atomic E-state index is 0.116. The minimum atomic E-state index is -1.65. The molecule has 1 aromatic carbocycles. The minimum Gasteiger partial charge on any atom is -0.394 e. The van der Waals surface area contributed by atoms with Gasteiger partial charge < -0.3 is 15.5 Å². The summed E-state index contributed by atoms with van der Waals surface area (Å²) in [4.78, 5) is 11.4. The van der Waals surface area contributed by atoms with E-state index in [0.29, 0.717) is 6.07 Å². The Morgan fingerprint density at radius 3 is 2.63 bits per heavy atom. The summed E-state index contributed by atoms with van der Waals surface area (Å²) in [6.07, 6.45) is -0.946. The molecule has 1 aromatic rings. The number of benzene rings is 1. The van der Waals surface area contributed by atoms with Gasteiger partial charge in [0.2, 0.25) is 5.91 Å². The first-order valence-electron chi connectivity index (χ1n) is 5.25. The Morgan fingerprint density at radius 1 is 1.32 bits per heavy atom. The zero-order chi connectivity index (χ0) is 14.4. The Morgan fingerprint density at radius 2 is 2.00 bits per heavy atom. The summed E-state index contributed by atoms with van der Waals surface area (Å²) in [5.41, 5.74) is -0.452. The van der Waals surface area contributed by atoms with Crippen LogP contribution in [-0.2, 0) is 4.79 Å². The molecule has 0 aliphatic rings. The van der Waals surface area contributed by atoms with Gasteiger partial charge in [0.15, 0.2) is 17.5 Å². The van der Waals surface area contributed by atoms with Crippen LogP contribution in [0.5, 0.6) is 0 Å². The molecule has 1 unspecified atom stereocenters. The Labute approximate surface area is 111 Å². The summed E-state index contributed by atoms with van der Waals surface area (Å²) >= 11 is 1.01. The zero-order valence-electron chi connectivity index (χ0n) is 9.70. The predicted octanol–water partition coefficient (Wildman–Crippen LogP) is 1.13. The smallest absolute Gasteiger partial charge is 0.234 e. The maximum atomic E-state index is 13.2. The second-order valence-corrected chi connectivity index (χ2v) is 4.65. The fraction of sp³-hybridized carbons (Fsp3) is 0.364. The van der Waals surface area contributed by atoms with Crippen LogP contribution in [0.25, 0.3) is 0 Å². The van der Waals surface area contributed by atoms with Gasteiger partial charge in [-0.1, -0.05) is 0 Å². The molecule has 1 atom stereocenters. The Hall–Kier alpha value is -1.25. The van der Waals surface area contributed by atoms with Gasteiger partial charge in [-0.2, -0.15) is 0 Å². The molecule has 0 radical (unpaired) electrons. The third-order valence-electron chi connectivity index (χ3n) is 2.06. The molecule has 19 heavy (non-hydrogen) atoms. The van der Waals surface area contributed by atoms with Gasteiger partial charge >= 0.3 is 0 Å². The van der Waals surface area contributed by atoms with E-state index in [4.69, 9.17) is 10.2 Å². The van der Waals surface area contributed by atoms with Crippen molar-refractivity contribution in [1.29, 1.82) is 0 Å². The third kappa shape index (κ3) is 4.73. The number of halogens is 3. The molecule has 106 valence electrons. The van der Waals surface area contributed by atoms with Crippen molar-refractivity contribution in [1.82, 2.24) is 0 Å². The van der Waals surface area contributed by atoms with Gasteiger partial charge in [-0.15, -0.1) is 11.8 Å². The fourth-order valence-corrected chi connectivity index (χ4v) is 1.90. The first kappa shape index (κ1) is 15.8. The fourth-order valence-electron chi connectivity index (χ4n) is 1.15. The molecule has 0 heterocycles. The van der Waals surface area contributed by atoms with Gasteiger partial charge in [-0.25, -0.2) is 13.2 Å². The average molecular weight is 295 g/mol. The maximum absolute atomic E-state index is 13.2. The normalized spacial score (nSPS) is 12.3. The van der Waals surface area contributed by atoms with Crippen LogP contribution < -0.4 is 5.32 Å². The zero-order valence-corrected chi connectivity index (χ0v) is 10.5. The molecule has 8 heteroatoms. The lowest BCUT2D eigenvalue weighted by molar-refractivity contribution is -0.113. The average Bonchev–Trinajstić information content (AvgIpc) is 2.39. The molecule has 4 nitrogen and oxygen atoms in total. The Bertz CT molecular complexity index is 459. The molecule has 1 amide bonds. The number of aliphatic hydroxyl groups is 2. The summed E-state index contributed by atoms with van der Waals surface area (Å²) in [5, 5.41) is 19.6. The largest absolute Gasteiger partial charge is 0.394 e. The van der Waals surface area contributed by atoms with Crippen molar-refractivity contribution in [2.75, 3.05) is 23.4 Å². The highest BCUT2D eigenvalue weighted by molar-refractivity contribution is 8.00. The number of carbonyl (C=O) groups excluding carboxylic acids is 1. The van der Waals surface area contributed by atoms with Crippen molar-refractivity contribution in [3.8, 4) is 0 Å². The van der Waals surface area contributed by atoms with Crippen LogP contribution in [0.3, 0.4) is 0 Å². The van der Waals surface area contributed by atoms with Gasteiger partial charge in [-0.3, -0.25) is 4.79 Å². The van der Waals surface area contributed by atoms with E-state index in [2.05, 4.69) is 5.32 Å². The molecule has 0 spiro atoms. The molecule has 1 rings (SSSR count). The van der Waals surface area contributed by atoms with Gasteiger partial charge in [0.05, 0.1) is 24.2 Å². The topological polar surface area (TPSA) is 69.6 Å². The lowest BCUT2D eigenvalue weighted by Gasteiger charge is -2.08. The van der Waals surface area contributed by atoms with Crippen molar-refractivity contribution in [3.05, 3.63) is 29.6 Å². The highest BCUT2D eigenvalue weighted by Crippen LogP contribution is 2.19. The molecule has 0 saturated heterocycles. The number of anilines is 1. The second-order valence-electron chi connectivity index (χ2n) is 3.62. The summed E-state index contributed by atoms with van der Waals surface area (Å²) in [7, 11) is 0. The standard InChI is InChI=1S/C11H12F3NO3S/c12-7-1-2-8(11(14)10(7)13)15-9(18)5-19-4-6(17)3-16/h1-2,6,16-17H,3-5H2,(H,15,18). The number of carbonyl (C=O) groups is 1. The summed E-state index contributed by atoms with van der Waals surface area (Å²) in [6, 6.07) is 1.62. The van der Waals surface area contributed by atoms with Crippen molar-refractivity contribution >= 4 is 23.4 Å². The van der Waals surface area contributed by atoms with E-state index in [0.717, 1.165) is 17.8 Å². The first-order valence-corrected chi connectivity index (χ1v) is 6.41. The van der Waals surface area contributed by atoms with Crippen LogP contribution >= 0.6 is 11.8 Å². The molecule has 0 fully saturated rings. The van der Waals surface area contributed by atoms with Gasteiger partial charge in [0, 0.05) is 5.75 Å².